The summed E-state index contributed by atoms with van der Waals surface area (Å²) in [6.45, 7) is 7.99. The molecule has 0 heterocycles. The molecule has 3 rings (SSSR count). The number of carboxylic acids is 1. The fraction of sp³-hybridized carbons (Fsp3) is 0.600. The van der Waals surface area contributed by atoms with Crippen LogP contribution in [0, 0.1) is 16.6 Å². The zero-order chi connectivity index (χ0) is 36.3. The van der Waals surface area contributed by atoms with Gasteiger partial charge in [0.05, 0.1) is 10.7 Å². The number of aliphatic hydroxyl groups excluding tert-OH is 1. The quantitative estimate of drug-likeness (QED) is 0.128. The van der Waals surface area contributed by atoms with E-state index in [1.54, 1.807) is 20.8 Å². The third-order valence-corrected chi connectivity index (χ3v) is 10.7. The number of nitrogens with one attached hydrogen (secondary N) is 2. The van der Waals surface area contributed by atoms with Crippen molar-refractivity contribution in [3.8, 4) is 17.2 Å². The lowest BCUT2D eigenvalue weighted by Gasteiger charge is -2.24. The number of aliphatic hydroxyl groups is 1. The second-order valence-electron chi connectivity index (χ2n) is 14.0. The lowest BCUT2D eigenvalue weighted by atomic mass is 9.94. The molecule has 1 aliphatic rings. The molecule has 1 amide bonds. The lowest BCUT2D eigenvalue weighted by molar-refractivity contribution is -0.139. The number of carboxylic acid groups (broad SMARTS) is 1. The van der Waals surface area contributed by atoms with E-state index in [9.17, 15) is 19.8 Å². The Kier molecular flexibility index (Phi) is 17.4. The molecule has 274 valence electrons. The molecule has 0 saturated heterocycles. The molecule has 6 atom stereocenters. The molecule has 1 fully saturated rings. The minimum Gasteiger partial charge on any atom is -0.490 e. The van der Waals surface area contributed by atoms with Crippen LogP contribution in [0.1, 0.15) is 78.2 Å². The van der Waals surface area contributed by atoms with Gasteiger partial charge >= 0.3 is 12.1 Å². The highest BCUT2D eigenvalue weighted by atomic mass is 127. The van der Waals surface area contributed by atoms with Crippen LogP contribution in [-0.4, -0.2) is 71.3 Å². The number of nitrogens with two attached hydrogens (primary N) is 2. The van der Waals surface area contributed by atoms with E-state index >= 15 is 0 Å². The molecule has 2 aromatic carbocycles. The van der Waals surface area contributed by atoms with Crippen LogP contribution in [0.2, 0.25) is 0 Å². The van der Waals surface area contributed by atoms with E-state index in [2.05, 4.69) is 85.3 Å². The third-order valence-electron chi connectivity index (χ3n) is 8.22. The first kappa shape index (κ1) is 42.2. The van der Waals surface area contributed by atoms with Gasteiger partial charge in [0.25, 0.3) is 0 Å². The Bertz CT molecular complexity index is 1370. The SMILES string of the molecule is CC1CCC(N)CCC(N)CC(NCC(O)COc2ccc(Oc3c(I)cc(CC(NC(=O)OC(C)(C)C)C(=O)O)cc3I)cc2I)CC1. The van der Waals surface area contributed by atoms with E-state index < -0.39 is 29.8 Å². The van der Waals surface area contributed by atoms with Gasteiger partial charge in [-0.2, -0.15) is 0 Å². The first-order valence-electron chi connectivity index (χ1n) is 16.7. The van der Waals surface area contributed by atoms with Crippen LogP contribution in [0.25, 0.3) is 0 Å². The number of halogens is 3. The van der Waals surface area contributed by atoms with E-state index in [4.69, 9.17) is 25.7 Å². The van der Waals surface area contributed by atoms with Gasteiger partial charge in [-0.15, -0.1) is 0 Å². The molecule has 0 radical (unpaired) electrons. The van der Waals surface area contributed by atoms with E-state index in [1.807, 2.05) is 30.3 Å². The van der Waals surface area contributed by atoms with Gasteiger partial charge in [0.2, 0.25) is 0 Å². The molecule has 0 aliphatic heterocycles. The van der Waals surface area contributed by atoms with Gasteiger partial charge < -0.3 is 46.5 Å². The fourth-order valence-electron chi connectivity index (χ4n) is 5.53. The summed E-state index contributed by atoms with van der Waals surface area (Å²) in [6, 6.07) is 8.58. The van der Waals surface area contributed by atoms with Crippen LogP contribution < -0.4 is 31.6 Å². The van der Waals surface area contributed by atoms with Gasteiger partial charge in [-0.25, -0.2) is 9.59 Å². The topological polar surface area (TPSA) is 178 Å². The predicted octanol–water partition coefficient (Wildman–Crippen LogP) is 6.55. The Morgan fingerprint density at radius 1 is 0.959 bits per heavy atom. The van der Waals surface area contributed by atoms with Crippen molar-refractivity contribution in [3.63, 3.8) is 0 Å². The van der Waals surface area contributed by atoms with Gasteiger partial charge in [0.15, 0.2) is 5.75 Å². The number of rotatable bonds is 12. The summed E-state index contributed by atoms with van der Waals surface area (Å²) < 4.78 is 19.9. The second kappa shape index (κ2) is 20.2. The molecular formula is C35H51I3N4O7. The van der Waals surface area contributed by atoms with E-state index in [0.717, 1.165) is 61.2 Å². The molecule has 0 spiro atoms. The molecule has 2 aromatic rings. The number of carbonyl (C=O) groups is 2. The number of benzene rings is 2. The van der Waals surface area contributed by atoms with Crippen molar-refractivity contribution >= 4 is 79.8 Å². The average molecular weight is 1020 g/mol. The van der Waals surface area contributed by atoms with Crippen molar-refractivity contribution in [3.05, 3.63) is 46.6 Å². The highest BCUT2D eigenvalue weighted by Crippen LogP contribution is 2.35. The summed E-state index contributed by atoms with van der Waals surface area (Å²) >= 11 is 6.50. The van der Waals surface area contributed by atoms with Crippen LogP contribution in [0.5, 0.6) is 17.2 Å². The first-order valence-corrected chi connectivity index (χ1v) is 20.0. The number of hydrogen-bond acceptors (Lipinski definition) is 9. The highest BCUT2D eigenvalue weighted by molar-refractivity contribution is 14.1. The van der Waals surface area contributed by atoms with Crippen LogP contribution in [0.3, 0.4) is 0 Å². The maximum absolute atomic E-state index is 12.2. The Hall–Kier alpha value is -1.19. The Labute approximate surface area is 331 Å². The minimum atomic E-state index is -1.15. The molecule has 1 saturated carbocycles. The van der Waals surface area contributed by atoms with Gasteiger partial charge in [0.1, 0.15) is 35.9 Å². The largest absolute Gasteiger partial charge is 0.490 e. The summed E-state index contributed by atoms with van der Waals surface area (Å²) in [4.78, 5) is 24.1. The van der Waals surface area contributed by atoms with Crippen molar-refractivity contribution in [1.29, 1.82) is 0 Å². The fourth-order valence-corrected chi connectivity index (χ4v) is 8.29. The van der Waals surface area contributed by atoms with Gasteiger partial charge in [0, 0.05) is 31.1 Å². The van der Waals surface area contributed by atoms with Crippen LogP contribution in [0.4, 0.5) is 4.79 Å². The van der Waals surface area contributed by atoms with Gasteiger partial charge in [-0.1, -0.05) is 6.92 Å². The Morgan fingerprint density at radius 2 is 1.59 bits per heavy atom. The number of alkyl carbamates (subject to hydrolysis) is 1. The van der Waals surface area contributed by atoms with E-state index in [1.165, 1.54) is 0 Å². The Morgan fingerprint density at radius 3 is 2.22 bits per heavy atom. The standard InChI is InChI=1S/C35H51I3N4O7/c1-20-5-7-22(39)8-9-23(40)16-24(10-6-20)41-18-25(43)19-47-31-12-11-26(17-27(31)36)48-32-28(37)13-21(14-29(32)38)15-30(33(44)45)42-34(46)49-35(2,3)4/h11-14,17,20,22-25,30,41,43H,5-10,15-16,18-19,39-40H2,1-4H3,(H,42,46)(H,44,45). The van der Waals surface area contributed by atoms with E-state index in [-0.39, 0.29) is 31.2 Å². The van der Waals surface area contributed by atoms with E-state index in [0.29, 0.717) is 29.7 Å². The van der Waals surface area contributed by atoms with Gasteiger partial charge in [-0.3, -0.25) is 0 Å². The second-order valence-corrected chi connectivity index (χ2v) is 17.5. The maximum Gasteiger partial charge on any atom is 0.408 e. The summed E-state index contributed by atoms with van der Waals surface area (Å²) in [6.07, 6.45) is 5.66. The van der Waals surface area contributed by atoms with Crippen molar-refractivity contribution in [1.82, 2.24) is 10.6 Å². The number of aliphatic carboxylic acids is 1. The minimum absolute atomic E-state index is 0.0781. The van der Waals surface area contributed by atoms with Crippen molar-refractivity contribution in [2.75, 3.05) is 13.2 Å². The van der Waals surface area contributed by atoms with Crippen LogP contribution >= 0.6 is 67.8 Å². The molecule has 14 heteroatoms. The normalized spacial score (nSPS) is 21.9. The summed E-state index contributed by atoms with van der Waals surface area (Å²) in [5.74, 6) is 1.35. The molecule has 8 N–H and O–H groups in total. The molecule has 0 aromatic heterocycles. The number of hydrogen-bond donors (Lipinski definition) is 6. The molecule has 11 nitrogen and oxygen atoms in total. The van der Waals surface area contributed by atoms with Crippen molar-refractivity contribution in [2.24, 2.45) is 17.4 Å². The average Bonchev–Trinajstić information content (AvgIpc) is 3.02. The molecule has 6 unspecified atom stereocenters. The summed E-state index contributed by atoms with van der Waals surface area (Å²) in [5, 5.41) is 26.4. The third kappa shape index (κ3) is 15.5. The first-order chi connectivity index (χ1) is 23.0. The summed E-state index contributed by atoms with van der Waals surface area (Å²) in [7, 11) is 0. The molecule has 1 aliphatic carbocycles. The number of amides is 1. The van der Waals surface area contributed by atoms with Crippen LogP contribution in [0.15, 0.2) is 30.3 Å². The maximum atomic E-state index is 12.2. The molecular weight excluding hydrogens is 969 g/mol. The summed E-state index contributed by atoms with van der Waals surface area (Å²) in [5.41, 5.74) is 12.7. The number of ether oxygens (including phenoxy) is 3. The zero-order valence-electron chi connectivity index (χ0n) is 28.6. The molecule has 49 heavy (non-hydrogen) atoms. The highest BCUT2D eigenvalue weighted by Gasteiger charge is 2.25. The van der Waals surface area contributed by atoms with Crippen LogP contribution in [-0.2, 0) is 16.0 Å². The Balaban J connectivity index is 1.55. The zero-order valence-corrected chi connectivity index (χ0v) is 35.1. The lowest BCUT2D eigenvalue weighted by Crippen LogP contribution is -2.44. The van der Waals surface area contributed by atoms with Gasteiger partial charge in [-0.05, 0) is 175 Å². The van der Waals surface area contributed by atoms with Crippen molar-refractivity contribution in [2.45, 2.75) is 115 Å². The predicted molar refractivity (Wildman–Crippen MR) is 216 cm³/mol. The van der Waals surface area contributed by atoms with Crippen molar-refractivity contribution < 1.29 is 34.0 Å². The monoisotopic (exact) mass is 1020 g/mol. The molecule has 0 bridgehead atoms. The number of carbonyl (C=O) groups excluding carboxylic acids is 1. The smallest absolute Gasteiger partial charge is 0.408 e.